The molecule has 1 aliphatic rings. The maximum absolute atomic E-state index is 12.4. The van der Waals surface area contributed by atoms with Crippen molar-refractivity contribution in [1.29, 1.82) is 0 Å². The van der Waals surface area contributed by atoms with Gasteiger partial charge < -0.3 is 36.0 Å². The molecule has 1 fully saturated rings. The van der Waals surface area contributed by atoms with Crippen molar-refractivity contribution in [3.8, 4) is 0 Å². The molecule has 0 bridgehead atoms. The van der Waals surface area contributed by atoms with Crippen LogP contribution in [0.4, 0.5) is 0 Å². The van der Waals surface area contributed by atoms with Gasteiger partial charge in [0.2, 0.25) is 5.79 Å². The lowest BCUT2D eigenvalue weighted by atomic mass is 9.86. The first-order valence-corrected chi connectivity index (χ1v) is 10.4. The average molecular weight is 407 g/mol. The number of aliphatic hydroxyl groups excluding tert-OH is 4. The lowest BCUT2D eigenvalue weighted by Gasteiger charge is -2.45. The average Bonchev–Trinajstić information content (AvgIpc) is 2.70. The Morgan fingerprint density at radius 3 is 2.25 bits per heavy atom. The number of aliphatic hydroxyl groups is 5. The van der Waals surface area contributed by atoms with Gasteiger partial charge in [0, 0.05) is 7.79 Å². The van der Waals surface area contributed by atoms with Gasteiger partial charge in [0.25, 0.3) is 0 Å². The minimum Gasteiger partial charge on any atom is -0.394 e. The number of hydrogen-bond acceptors (Lipinski definition) is 8. The molecule has 0 radical (unpaired) electrons. The smallest absolute Gasteiger partial charge is 0.245 e. The van der Waals surface area contributed by atoms with Gasteiger partial charge in [0.1, 0.15) is 18.3 Å². The van der Waals surface area contributed by atoms with Crippen molar-refractivity contribution in [2.24, 2.45) is 5.73 Å². The highest BCUT2D eigenvalue weighted by molar-refractivity contribution is 5.87. The van der Waals surface area contributed by atoms with Crippen molar-refractivity contribution >= 4 is 5.78 Å². The predicted octanol–water partition coefficient (Wildman–Crippen LogP) is 0.356. The van der Waals surface area contributed by atoms with Crippen LogP contribution >= 0.6 is 0 Å². The van der Waals surface area contributed by atoms with Crippen molar-refractivity contribution in [2.75, 3.05) is 6.61 Å². The van der Waals surface area contributed by atoms with Crippen LogP contribution < -0.4 is 5.73 Å². The molecular formula is C20H39NO7. The Morgan fingerprint density at radius 2 is 1.68 bits per heavy atom. The second kappa shape index (κ2) is 12.8. The fourth-order valence-electron chi connectivity index (χ4n) is 3.52. The summed E-state index contributed by atoms with van der Waals surface area (Å²) in [4.78, 5) is 12.4. The van der Waals surface area contributed by atoms with Crippen LogP contribution in [0, 0.1) is 0 Å². The molecule has 0 spiro atoms. The zero-order valence-electron chi connectivity index (χ0n) is 17.7. The van der Waals surface area contributed by atoms with Gasteiger partial charge in [-0.15, -0.1) is 0 Å². The number of ketones is 1. The first-order valence-electron chi connectivity index (χ1n) is 11.1. The minimum absolute atomic E-state index is 0.388. The van der Waals surface area contributed by atoms with Crippen LogP contribution in [0.5, 0.6) is 0 Å². The normalized spacial score (nSPS) is 32.1. The molecule has 0 saturated carbocycles. The maximum Gasteiger partial charge on any atom is 0.245 e. The van der Waals surface area contributed by atoms with Crippen LogP contribution in [0.1, 0.15) is 78.9 Å². The van der Waals surface area contributed by atoms with E-state index in [0.717, 1.165) is 38.5 Å². The molecular weight excluding hydrogens is 366 g/mol. The van der Waals surface area contributed by atoms with Crippen LogP contribution in [0.2, 0.25) is 0 Å². The number of carbonyl (C=O) groups excluding carboxylic acids is 1. The third kappa shape index (κ3) is 7.33. The fourth-order valence-corrected chi connectivity index (χ4v) is 3.52. The molecule has 0 aliphatic carbocycles. The molecule has 8 heteroatoms. The molecule has 166 valence electrons. The van der Waals surface area contributed by atoms with Gasteiger partial charge in [0.15, 0.2) is 5.78 Å². The lowest BCUT2D eigenvalue weighted by Crippen LogP contribution is -2.71. The quantitative estimate of drug-likeness (QED) is 0.226. The Balaban J connectivity index is 2.28. The van der Waals surface area contributed by atoms with E-state index in [9.17, 15) is 30.3 Å². The Hall–Kier alpha value is -0.610. The first-order chi connectivity index (χ1) is 13.8. The SMILES string of the molecule is [2H]CCCCCCCCCCCC(O)CC(=O)C1(O)O[C@H](CO)[C@@H](O)[C@H](O)[C@H]1N. The zero-order chi connectivity index (χ0) is 21.9. The summed E-state index contributed by atoms with van der Waals surface area (Å²) in [6.07, 6.45) is 4.03. The monoisotopic (exact) mass is 406 g/mol. The minimum atomic E-state index is -2.56. The topological polar surface area (TPSA) is 153 Å². The van der Waals surface area contributed by atoms with Gasteiger partial charge in [-0.2, -0.15) is 0 Å². The van der Waals surface area contributed by atoms with Crippen LogP contribution in [0.15, 0.2) is 0 Å². The maximum atomic E-state index is 12.4. The molecule has 28 heavy (non-hydrogen) atoms. The van der Waals surface area contributed by atoms with E-state index >= 15 is 0 Å². The van der Waals surface area contributed by atoms with Crippen molar-refractivity contribution in [1.82, 2.24) is 0 Å². The van der Waals surface area contributed by atoms with Crippen LogP contribution in [-0.4, -0.2) is 74.2 Å². The highest BCUT2D eigenvalue weighted by Crippen LogP contribution is 2.29. The van der Waals surface area contributed by atoms with Gasteiger partial charge in [0.05, 0.1) is 18.8 Å². The molecule has 7 N–H and O–H groups in total. The van der Waals surface area contributed by atoms with E-state index in [1.54, 1.807) is 0 Å². The number of Topliss-reactive ketones (excluding diaryl/α,β-unsaturated/α-hetero) is 1. The Bertz CT molecular complexity index is 468. The van der Waals surface area contributed by atoms with Crippen LogP contribution in [-0.2, 0) is 9.53 Å². The summed E-state index contributed by atoms with van der Waals surface area (Å²) >= 11 is 0. The van der Waals surface area contributed by atoms with E-state index in [-0.39, 0.29) is 6.42 Å². The molecule has 0 aromatic rings. The summed E-state index contributed by atoms with van der Waals surface area (Å²) in [5.41, 5.74) is 5.67. The molecule has 1 heterocycles. The highest BCUT2D eigenvalue weighted by Gasteiger charge is 2.55. The first kappa shape index (κ1) is 23.7. The van der Waals surface area contributed by atoms with E-state index in [0.29, 0.717) is 13.3 Å². The molecule has 1 aliphatic heterocycles. The summed E-state index contributed by atoms with van der Waals surface area (Å²) in [6.45, 7) is -0.196. The second-order valence-electron chi connectivity index (χ2n) is 7.79. The van der Waals surface area contributed by atoms with E-state index < -0.39 is 48.6 Å². The van der Waals surface area contributed by atoms with Crippen molar-refractivity contribution in [3.05, 3.63) is 0 Å². The van der Waals surface area contributed by atoms with Crippen molar-refractivity contribution in [3.63, 3.8) is 0 Å². The number of hydrogen-bond donors (Lipinski definition) is 6. The summed E-state index contributed by atoms with van der Waals surface area (Å²) in [5.74, 6) is -3.44. The van der Waals surface area contributed by atoms with Crippen molar-refractivity contribution < 1.29 is 36.4 Å². The van der Waals surface area contributed by atoms with Gasteiger partial charge in [-0.25, -0.2) is 0 Å². The van der Waals surface area contributed by atoms with Gasteiger partial charge >= 0.3 is 0 Å². The molecule has 0 amide bonds. The lowest BCUT2D eigenvalue weighted by molar-refractivity contribution is -0.298. The molecule has 0 aromatic carbocycles. The molecule has 1 rings (SSSR count). The number of unbranched alkanes of at least 4 members (excludes halogenated alkanes) is 8. The second-order valence-corrected chi connectivity index (χ2v) is 7.79. The summed E-state index contributed by atoms with van der Waals surface area (Å²) < 4.78 is 12.2. The zero-order valence-corrected chi connectivity index (χ0v) is 16.7. The van der Waals surface area contributed by atoms with Crippen molar-refractivity contribution in [2.45, 2.75) is 114 Å². The van der Waals surface area contributed by atoms with E-state index in [1.807, 2.05) is 0 Å². The van der Waals surface area contributed by atoms with Crippen LogP contribution in [0.3, 0.4) is 0 Å². The van der Waals surface area contributed by atoms with Gasteiger partial charge in [-0.3, -0.25) is 4.79 Å². The van der Waals surface area contributed by atoms with E-state index in [2.05, 4.69) is 0 Å². The number of carbonyl (C=O) groups is 1. The summed E-state index contributed by atoms with van der Waals surface area (Å²) in [7, 11) is 0. The Morgan fingerprint density at radius 1 is 1.11 bits per heavy atom. The molecule has 8 nitrogen and oxygen atoms in total. The summed E-state index contributed by atoms with van der Waals surface area (Å²) in [5, 5.41) is 49.5. The van der Waals surface area contributed by atoms with Crippen LogP contribution in [0.25, 0.3) is 0 Å². The van der Waals surface area contributed by atoms with Gasteiger partial charge in [-0.05, 0) is 6.42 Å². The Labute approximate surface area is 169 Å². The largest absolute Gasteiger partial charge is 0.394 e. The predicted molar refractivity (Wildman–Crippen MR) is 104 cm³/mol. The van der Waals surface area contributed by atoms with Gasteiger partial charge in [-0.1, -0.05) is 64.7 Å². The summed E-state index contributed by atoms with van der Waals surface area (Å²) in [6, 6.07) is -1.58. The Kier molecular flexibility index (Phi) is 10.9. The molecule has 2 unspecified atom stereocenters. The highest BCUT2D eigenvalue weighted by atomic mass is 16.7. The standard InChI is InChI=1S/C20H39NO7/c1-2-3-4-5-6-7-8-9-10-11-14(23)12-16(24)20(27)19(21)18(26)17(25)15(13-22)28-20/h14-15,17-19,22-23,25-27H,2-13,21H2,1H3/t14?,15-,17-,18+,19-,20?/m1/s1/i1D. The molecule has 6 atom stereocenters. The third-order valence-electron chi connectivity index (χ3n) is 5.42. The van der Waals surface area contributed by atoms with E-state index in [4.69, 9.17) is 11.8 Å². The fraction of sp³-hybridized carbons (Fsp3) is 0.950. The number of nitrogens with two attached hydrogens (primary N) is 1. The third-order valence-corrected chi connectivity index (χ3v) is 5.42. The number of rotatable bonds is 14. The number of ether oxygens (including phenoxy) is 1. The molecule has 0 aromatic heterocycles. The van der Waals surface area contributed by atoms with E-state index in [1.165, 1.54) is 19.3 Å². The molecule has 1 saturated heterocycles.